The van der Waals surface area contributed by atoms with E-state index in [1.54, 1.807) is 49.8 Å². The molecule has 0 saturated carbocycles. The lowest BCUT2D eigenvalue weighted by Gasteiger charge is -2.07. The van der Waals surface area contributed by atoms with Crippen molar-refractivity contribution >= 4 is 11.6 Å². The van der Waals surface area contributed by atoms with E-state index in [1.807, 2.05) is 24.3 Å². The third kappa shape index (κ3) is 3.01. The van der Waals surface area contributed by atoms with Gasteiger partial charge in [-0.2, -0.15) is 0 Å². The molecule has 1 amide bonds. The van der Waals surface area contributed by atoms with E-state index in [0.29, 0.717) is 11.3 Å². The molecule has 1 aromatic heterocycles. The third-order valence-electron chi connectivity index (χ3n) is 3.28. The van der Waals surface area contributed by atoms with E-state index in [-0.39, 0.29) is 5.91 Å². The zero-order valence-electron chi connectivity index (χ0n) is 12.1. The highest BCUT2D eigenvalue weighted by molar-refractivity contribution is 6.04. The van der Waals surface area contributed by atoms with Crippen LogP contribution in [0.3, 0.4) is 0 Å². The summed E-state index contributed by atoms with van der Waals surface area (Å²) in [5, 5.41) is 2.86. The van der Waals surface area contributed by atoms with Crippen LogP contribution in [-0.4, -0.2) is 13.0 Å². The smallest absolute Gasteiger partial charge is 0.255 e. The number of carbonyl (C=O) groups excluding carboxylic acids is 1. The molecule has 3 rings (SSSR count). The monoisotopic (exact) mass is 293 g/mol. The number of ether oxygens (including phenoxy) is 1. The molecule has 0 spiro atoms. The normalized spacial score (nSPS) is 10.2. The molecule has 4 heteroatoms. The molecule has 0 radical (unpaired) electrons. The average Bonchev–Trinajstić information content (AvgIpc) is 3.10. The summed E-state index contributed by atoms with van der Waals surface area (Å²) in [4.78, 5) is 12.3. The first-order valence-electron chi connectivity index (χ1n) is 6.85. The van der Waals surface area contributed by atoms with Crippen LogP contribution in [-0.2, 0) is 0 Å². The molecule has 1 heterocycles. The van der Waals surface area contributed by atoms with Gasteiger partial charge in [0.1, 0.15) is 11.5 Å². The van der Waals surface area contributed by atoms with Gasteiger partial charge in [-0.15, -0.1) is 0 Å². The number of methoxy groups -OCH3 is 1. The number of carbonyl (C=O) groups is 1. The van der Waals surface area contributed by atoms with Gasteiger partial charge in [0, 0.05) is 16.8 Å². The second-order valence-electron chi connectivity index (χ2n) is 4.74. The predicted molar refractivity (Wildman–Crippen MR) is 85.1 cm³/mol. The lowest BCUT2D eigenvalue weighted by atomic mass is 10.1. The Morgan fingerprint density at radius 1 is 1.05 bits per heavy atom. The Morgan fingerprint density at radius 2 is 1.86 bits per heavy atom. The van der Waals surface area contributed by atoms with Crippen molar-refractivity contribution in [3.8, 4) is 17.1 Å². The number of hydrogen-bond donors (Lipinski definition) is 1. The van der Waals surface area contributed by atoms with Gasteiger partial charge in [-0.3, -0.25) is 4.79 Å². The number of benzene rings is 2. The van der Waals surface area contributed by atoms with Gasteiger partial charge in [0.15, 0.2) is 0 Å². The molecule has 3 aromatic rings. The van der Waals surface area contributed by atoms with Crippen LogP contribution in [0.25, 0.3) is 11.3 Å². The molecule has 110 valence electrons. The minimum atomic E-state index is -0.168. The number of amides is 1. The van der Waals surface area contributed by atoms with Crippen molar-refractivity contribution in [2.45, 2.75) is 0 Å². The molecule has 0 aliphatic carbocycles. The highest BCUT2D eigenvalue weighted by atomic mass is 16.5. The highest BCUT2D eigenvalue weighted by Crippen LogP contribution is 2.21. The lowest BCUT2D eigenvalue weighted by Crippen LogP contribution is -2.11. The molecule has 0 aliphatic heterocycles. The van der Waals surface area contributed by atoms with Crippen molar-refractivity contribution in [3.63, 3.8) is 0 Å². The second-order valence-corrected chi connectivity index (χ2v) is 4.74. The molecular formula is C18H15NO3. The van der Waals surface area contributed by atoms with E-state index in [2.05, 4.69) is 5.32 Å². The van der Waals surface area contributed by atoms with Gasteiger partial charge in [0.25, 0.3) is 5.91 Å². The van der Waals surface area contributed by atoms with Gasteiger partial charge in [-0.25, -0.2) is 0 Å². The van der Waals surface area contributed by atoms with E-state index in [0.717, 1.165) is 17.1 Å². The maximum atomic E-state index is 12.3. The minimum absolute atomic E-state index is 0.168. The number of furan rings is 1. The Kier molecular flexibility index (Phi) is 3.92. The van der Waals surface area contributed by atoms with Gasteiger partial charge >= 0.3 is 0 Å². The Morgan fingerprint density at radius 3 is 2.55 bits per heavy atom. The molecule has 0 unspecified atom stereocenters. The van der Waals surface area contributed by atoms with E-state index < -0.39 is 0 Å². The number of hydrogen-bond acceptors (Lipinski definition) is 3. The molecule has 22 heavy (non-hydrogen) atoms. The fraction of sp³-hybridized carbons (Fsp3) is 0.0556. The van der Waals surface area contributed by atoms with Gasteiger partial charge < -0.3 is 14.5 Å². The summed E-state index contributed by atoms with van der Waals surface area (Å²) in [7, 11) is 1.60. The first kappa shape index (κ1) is 13.9. The van der Waals surface area contributed by atoms with Crippen LogP contribution in [0.5, 0.6) is 5.75 Å². The van der Waals surface area contributed by atoms with Crippen LogP contribution >= 0.6 is 0 Å². The molecule has 0 bridgehead atoms. The molecule has 4 nitrogen and oxygen atoms in total. The largest absolute Gasteiger partial charge is 0.497 e. The van der Waals surface area contributed by atoms with Crippen molar-refractivity contribution in [2.75, 3.05) is 12.4 Å². The fourth-order valence-corrected chi connectivity index (χ4v) is 2.13. The molecular weight excluding hydrogens is 278 g/mol. The first-order chi connectivity index (χ1) is 10.8. The molecule has 0 aliphatic rings. The highest BCUT2D eigenvalue weighted by Gasteiger charge is 2.08. The van der Waals surface area contributed by atoms with Crippen LogP contribution in [0.15, 0.2) is 71.3 Å². The average molecular weight is 293 g/mol. The summed E-state index contributed by atoms with van der Waals surface area (Å²) in [5.41, 5.74) is 2.16. The van der Waals surface area contributed by atoms with Crippen molar-refractivity contribution in [3.05, 3.63) is 72.5 Å². The molecule has 0 atom stereocenters. The van der Waals surface area contributed by atoms with Crippen molar-refractivity contribution < 1.29 is 13.9 Å². The Hall–Kier alpha value is -3.01. The topological polar surface area (TPSA) is 51.5 Å². The Bertz CT molecular complexity index is 761. The van der Waals surface area contributed by atoms with E-state index in [9.17, 15) is 4.79 Å². The van der Waals surface area contributed by atoms with Crippen LogP contribution in [0.2, 0.25) is 0 Å². The number of nitrogens with one attached hydrogen (secondary N) is 1. The van der Waals surface area contributed by atoms with Gasteiger partial charge in [-0.1, -0.05) is 12.1 Å². The van der Waals surface area contributed by atoms with Crippen molar-refractivity contribution in [2.24, 2.45) is 0 Å². The van der Waals surface area contributed by atoms with Gasteiger partial charge in [-0.05, 0) is 48.5 Å². The van der Waals surface area contributed by atoms with Crippen LogP contribution in [0, 0.1) is 0 Å². The predicted octanol–water partition coefficient (Wildman–Crippen LogP) is 4.21. The zero-order valence-corrected chi connectivity index (χ0v) is 12.1. The number of anilines is 1. The first-order valence-corrected chi connectivity index (χ1v) is 6.85. The van der Waals surface area contributed by atoms with E-state index in [1.165, 1.54) is 0 Å². The molecule has 2 aromatic carbocycles. The summed E-state index contributed by atoms with van der Waals surface area (Å²) in [6.07, 6.45) is 1.61. The Balaban J connectivity index is 1.78. The summed E-state index contributed by atoms with van der Waals surface area (Å²) in [6.45, 7) is 0. The maximum absolute atomic E-state index is 12.3. The third-order valence-corrected chi connectivity index (χ3v) is 3.28. The van der Waals surface area contributed by atoms with Gasteiger partial charge in [0.2, 0.25) is 0 Å². The lowest BCUT2D eigenvalue weighted by molar-refractivity contribution is 0.102. The maximum Gasteiger partial charge on any atom is 0.255 e. The number of rotatable bonds is 4. The van der Waals surface area contributed by atoms with Crippen molar-refractivity contribution in [1.82, 2.24) is 0 Å². The molecule has 0 saturated heterocycles. The van der Waals surface area contributed by atoms with Crippen LogP contribution in [0.4, 0.5) is 5.69 Å². The fourth-order valence-electron chi connectivity index (χ4n) is 2.13. The second kappa shape index (κ2) is 6.18. The molecule has 1 N–H and O–H groups in total. The standard InChI is InChI=1S/C18H15NO3/c1-21-16-9-7-15(8-10-16)19-18(20)14-5-2-4-13(12-14)17-6-3-11-22-17/h2-12H,1H3,(H,19,20). The summed E-state index contributed by atoms with van der Waals surface area (Å²) in [5.74, 6) is 1.32. The quantitative estimate of drug-likeness (QED) is 0.784. The summed E-state index contributed by atoms with van der Waals surface area (Å²) in [6, 6.07) is 18.2. The van der Waals surface area contributed by atoms with Crippen molar-refractivity contribution in [1.29, 1.82) is 0 Å². The van der Waals surface area contributed by atoms with Crippen LogP contribution < -0.4 is 10.1 Å². The minimum Gasteiger partial charge on any atom is -0.497 e. The summed E-state index contributed by atoms with van der Waals surface area (Å²) < 4.78 is 10.4. The summed E-state index contributed by atoms with van der Waals surface area (Å²) >= 11 is 0. The van der Waals surface area contributed by atoms with Crippen LogP contribution in [0.1, 0.15) is 10.4 Å². The Labute approximate surface area is 128 Å². The van der Waals surface area contributed by atoms with E-state index in [4.69, 9.17) is 9.15 Å². The van der Waals surface area contributed by atoms with E-state index >= 15 is 0 Å². The SMILES string of the molecule is COc1ccc(NC(=O)c2cccc(-c3ccco3)c2)cc1. The van der Waals surface area contributed by atoms with Gasteiger partial charge in [0.05, 0.1) is 13.4 Å². The zero-order chi connectivity index (χ0) is 15.4. The molecule has 0 fully saturated rings.